The minimum Gasteiger partial charge on any atom is -0.230 e. The van der Waals surface area contributed by atoms with E-state index in [9.17, 15) is 0 Å². The molecular formula is C5H4Br2N2. The molecule has 0 atom stereocenters. The average Bonchev–Trinajstić information content (AvgIpc) is 1.80. The van der Waals surface area contributed by atoms with Crippen LogP contribution in [0.5, 0.6) is 0 Å². The zero-order valence-corrected chi connectivity index (χ0v) is 7.90. The largest absolute Gasteiger partial charge is 0.230 e. The number of nitrogens with zero attached hydrogens (tertiary/aromatic N) is 2. The molecule has 9 heavy (non-hydrogen) atoms. The molecule has 0 amide bonds. The van der Waals surface area contributed by atoms with Crippen LogP contribution >= 0.6 is 31.9 Å². The van der Waals surface area contributed by atoms with Crippen LogP contribution in [0.1, 0.15) is 5.69 Å². The molecule has 0 aliphatic rings. The van der Waals surface area contributed by atoms with Gasteiger partial charge >= 0.3 is 0 Å². The molecule has 0 aliphatic carbocycles. The third kappa shape index (κ3) is 1.72. The maximum Gasteiger partial charge on any atom is 0.196 e. The van der Waals surface area contributed by atoms with Gasteiger partial charge < -0.3 is 0 Å². The molecule has 1 rings (SSSR count). The minimum absolute atomic E-state index is 0.628. The third-order valence-corrected chi connectivity index (χ3v) is 2.05. The predicted octanol–water partition coefficient (Wildman–Crippen LogP) is 2.31. The van der Waals surface area contributed by atoms with Crippen molar-refractivity contribution >= 4 is 31.9 Å². The Balaban J connectivity index is 3.17. The van der Waals surface area contributed by atoms with Gasteiger partial charge in [0.25, 0.3) is 0 Å². The smallest absolute Gasteiger partial charge is 0.196 e. The first kappa shape index (κ1) is 7.15. The lowest BCUT2D eigenvalue weighted by Gasteiger charge is -1.93. The summed E-state index contributed by atoms with van der Waals surface area (Å²) in [4.78, 5) is 7.93. The number of halogens is 2. The first-order chi connectivity index (χ1) is 4.20. The van der Waals surface area contributed by atoms with Crippen molar-refractivity contribution in [2.24, 2.45) is 0 Å². The van der Waals surface area contributed by atoms with Crippen molar-refractivity contribution in [1.82, 2.24) is 9.97 Å². The van der Waals surface area contributed by atoms with Crippen molar-refractivity contribution < 1.29 is 0 Å². The molecule has 0 radical (unpaired) electrons. The SMILES string of the molecule is Cc1nc(Br)ncc1Br. The Labute approximate surface area is 70.0 Å². The lowest BCUT2D eigenvalue weighted by atomic mass is 10.5. The summed E-state index contributed by atoms with van der Waals surface area (Å²) >= 11 is 6.44. The van der Waals surface area contributed by atoms with E-state index in [1.165, 1.54) is 0 Å². The molecule has 0 saturated carbocycles. The van der Waals surface area contributed by atoms with Gasteiger partial charge in [-0.3, -0.25) is 0 Å². The second-order valence-electron chi connectivity index (χ2n) is 1.57. The standard InChI is InChI=1S/C5H4Br2N2/c1-3-4(6)2-8-5(7)9-3/h2H,1H3. The number of aryl methyl sites for hydroxylation is 1. The minimum atomic E-state index is 0.628. The maximum atomic E-state index is 4.03. The molecule has 0 aromatic carbocycles. The summed E-state index contributed by atoms with van der Waals surface area (Å²) in [7, 11) is 0. The van der Waals surface area contributed by atoms with Crippen LogP contribution in [-0.2, 0) is 0 Å². The van der Waals surface area contributed by atoms with Gasteiger partial charge in [-0.15, -0.1) is 0 Å². The van der Waals surface area contributed by atoms with Gasteiger partial charge in [0.1, 0.15) is 0 Å². The maximum absolute atomic E-state index is 4.03. The normalized spacial score (nSPS) is 9.67. The van der Waals surface area contributed by atoms with Crippen molar-refractivity contribution in [3.05, 3.63) is 21.1 Å². The van der Waals surface area contributed by atoms with Crippen LogP contribution in [-0.4, -0.2) is 9.97 Å². The Hall–Kier alpha value is 0.0400. The predicted molar refractivity (Wildman–Crippen MR) is 42.2 cm³/mol. The average molecular weight is 252 g/mol. The Bertz CT molecular complexity index is 224. The van der Waals surface area contributed by atoms with E-state index in [0.717, 1.165) is 10.2 Å². The van der Waals surface area contributed by atoms with Crippen LogP contribution < -0.4 is 0 Å². The lowest BCUT2D eigenvalue weighted by Crippen LogP contribution is -1.86. The molecule has 4 heteroatoms. The topological polar surface area (TPSA) is 25.8 Å². The highest BCUT2D eigenvalue weighted by molar-refractivity contribution is 9.10. The lowest BCUT2D eigenvalue weighted by molar-refractivity contribution is 1.04. The molecule has 1 heterocycles. The van der Waals surface area contributed by atoms with Crippen molar-refractivity contribution in [1.29, 1.82) is 0 Å². The van der Waals surface area contributed by atoms with Crippen LogP contribution in [0, 0.1) is 6.92 Å². The van der Waals surface area contributed by atoms with Crippen LogP contribution in [0.3, 0.4) is 0 Å². The van der Waals surface area contributed by atoms with Crippen molar-refractivity contribution in [3.63, 3.8) is 0 Å². The first-order valence-corrected chi connectivity index (χ1v) is 3.93. The highest BCUT2D eigenvalue weighted by atomic mass is 79.9. The number of hydrogen-bond donors (Lipinski definition) is 0. The molecule has 1 aromatic heterocycles. The van der Waals surface area contributed by atoms with Gasteiger partial charge in [-0.2, -0.15) is 0 Å². The summed E-state index contributed by atoms with van der Waals surface area (Å²) in [5, 5.41) is 0. The molecule has 0 aliphatic heterocycles. The first-order valence-electron chi connectivity index (χ1n) is 2.35. The van der Waals surface area contributed by atoms with Gasteiger partial charge in [-0.05, 0) is 38.8 Å². The highest BCUT2D eigenvalue weighted by Gasteiger charge is 1.94. The monoisotopic (exact) mass is 250 g/mol. The van der Waals surface area contributed by atoms with E-state index in [1.54, 1.807) is 6.20 Å². The third-order valence-electron chi connectivity index (χ3n) is 0.890. The molecule has 0 saturated heterocycles. The van der Waals surface area contributed by atoms with Gasteiger partial charge in [0.2, 0.25) is 0 Å². The molecule has 0 spiro atoms. The summed E-state index contributed by atoms with van der Waals surface area (Å²) in [5.41, 5.74) is 0.942. The van der Waals surface area contributed by atoms with Crippen molar-refractivity contribution in [2.45, 2.75) is 6.92 Å². The van der Waals surface area contributed by atoms with E-state index < -0.39 is 0 Å². The Morgan fingerprint density at radius 1 is 1.44 bits per heavy atom. The van der Waals surface area contributed by atoms with E-state index in [0.29, 0.717) is 4.73 Å². The summed E-state index contributed by atoms with van der Waals surface area (Å²) in [6, 6.07) is 0. The van der Waals surface area contributed by atoms with E-state index in [4.69, 9.17) is 0 Å². The summed E-state index contributed by atoms with van der Waals surface area (Å²) in [6.07, 6.45) is 1.71. The number of rotatable bonds is 0. The second kappa shape index (κ2) is 2.75. The molecule has 48 valence electrons. The molecule has 0 bridgehead atoms. The van der Waals surface area contributed by atoms with Crippen LogP contribution in [0.2, 0.25) is 0 Å². The van der Waals surface area contributed by atoms with E-state index >= 15 is 0 Å². The molecule has 0 N–H and O–H groups in total. The number of aromatic nitrogens is 2. The Morgan fingerprint density at radius 3 is 2.56 bits per heavy atom. The highest BCUT2D eigenvalue weighted by Crippen LogP contribution is 2.13. The van der Waals surface area contributed by atoms with Crippen LogP contribution in [0.15, 0.2) is 15.4 Å². The number of hydrogen-bond acceptors (Lipinski definition) is 2. The van der Waals surface area contributed by atoms with Crippen molar-refractivity contribution in [2.75, 3.05) is 0 Å². The van der Waals surface area contributed by atoms with E-state index in [2.05, 4.69) is 41.8 Å². The van der Waals surface area contributed by atoms with Crippen LogP contribution in [0.25, 0.3) is 0 Å². The quantitative estimate of drug-likeness (QED) is 0.662. The second-order valence-corrected chi connectivity index (χ2v) is 3.14. The fourth-order valence-corrected chi connectivity index (χ4v) is 0.983. The summed E-state index contributed by atoms with van der Waals surface area (Å²) in [6.45, 7) is 1.91. The van der Waals surface area contributed by atoms with E-state index in [-0.39, 0.29) is 0 Å². The molecule has 1 aromatic rings. The Kier molecular flexibility index (Phi) is 2.18. The van der Waals surface area contributed by atoms with Gasteiger partial charge in [-0.25, -0.2) is 9.97 Å². The zero-order valence-electron chi connectivity index (χ0n) is 4.73. The summed E-state index contributed by atoms with van der Waals surface area (Å²) in [5.74, 6) is 0. The molecule has 2 nitrogen and oxygen atoms in total. The van der Waals surface area contributed by atoms with Gasteiger partial charge in [0, 0.05) is 6.20 Å². The summed E-state index contributed by atoms with van der Waals surface area (Å²) < 4.78 is 1.56. The van der Waals surface area contributed by atoms with E-state index in [1.807, 2.05) is 6.92 Å². The van der Waals surface area contributed by atoms with Gasteiger partial charge in [0.05, 0.1) is 10.2 Å². The molecular weight excluding hydrogens is 248 g/mol. The fraction of sp³-hybridized carbons (Fsp3) is 0.200. The Morgan fingerprint density at radius 2 is 2.11 bits per heavy atom. The fourth-order valence-electron chi connectivity index (χ4n) is 0.424. The zero-order chi connectivity index (χ0) is 6.85. The van der Waals surface area contributed by atoms with Crippen LogP contribution in [0.4, 0.5) is 0 Å². The van der Waals surface area contributed by atoms with Gasteiger partial charge in [-0.1, -0.05) is 0 Å². The van der Waals surface area contributed by atoms with Crippen molar-refractivity contribution in [3.8, 4) is 0 Å². The van der Waals surface area contributed by atoms with Gasteiger partial charge in [0.15, 0.2) is 4.73 Å². The molecule has 0 fully saturated rings. The molecule has 0 unspecified atom stereocenters.